The zero-order valence-electron chi connectivity index (χ0n) is 8.63. The van der Waals surface area contributed by atoms with Crippen molar-refractivity contribution in [2.24, 2.45) is 0 Å². The number of carbonyl (C=O) groups excluding carboxylic acids is 1. The van der Waals surface area contributed by atoms with Crippen LogP contribution in [0.15, 0.2) is 18.3 Å². The molecule has 2 unspecified atom stereocenters. The van der Waals surface area contributed by atoms with Gasteiger partial charge in [-0.15, -0.1) is 0 Å². The maximum absolute atomic E-state index is 12.7. The Morgan fingerprint density at radius 3 is 2.88 bits per heavy atom. The number of pyridine rings is 1. The quantitative estimate of drug-likeness (QED) is 0.771. The van der Waals surface area contributed by atoms with E-state index >= 15 is 0 Å². The van der Waals surface area contributed by atoms with Gasteiger partial charge in [-0.05, 0) is 17.7 Å². The third-order valence-corrected chi connectivity index (χ3v) is 2.83. The average Bonchev–Trinajstić information content (AvgIpc) is 2.24. The van der Waals surface area contributed by atoms with Crippen LogP contribution in [0.1, 0.15) is 18.6 Å². The molecule has 0 aliphatic heterocycles. The first kappa shape index (κ1) is 13.1. The number of hydrogen-bond donors (Lipinski definition) is 2. The molecule has 2 N–H and O–H groups in total. The van der Waals surface area contributed by atoms with Crippen LogP contribution in [0, 0.1) is 5.95 Å². The molecule has 0 radical (unpaired) electrons. The van der Waals surface area contributed by atoms with Gasteiger partial charge in [0.25, 0.3) is 0 Å². The molecular formula is C10H12FNO3S. The van der Waals surface area contributed by atoms with Crippen molar-refractivity contribution in [2.45, 2.75) is 19.1 Å². The summed E-state index contributed by atoms with van der Waals surface area (Å²) in [6.45, 7) is 1.37. The van der Waals surface area contributed by atoms with E-state index in [9.17, 15) is 19.4 Å². The maximum atomic E-state index is 12.7. The van der Waals surface area contributed by atoms with Crippen LogP contribution in [0.2, 0.25) is 0 Å². The normalized spacial score (nSPS) is 14.5. The van der Waals surface area contributed by atoms with Crippen LogP contribution in [0.3, 0.4) is 0 Å². The number of aliphatic hydroxyl groups excluding tert-OH is 2. The minimum absolute atomic E-state index is 0.0699. The van der Waals surface area contributed by atoms with Crippen molar-refractivity contribution in [3.63, 3.8) is 0 Å². The second-order valence-corrected chi connectivity index (χ2v) is 4.42. The molecule has 0 saturated heterocycles. The summed E-state index contributed by atoms with van der Waals surface area (Å²) in [4.78, 5) is 14.0. The van der Waals surface area contributed by atoms with Gasteiger partial charge >= 0.3 is 0 Å². The van der Waals surface area contributed by atoms with Crippen LogP contribution >= 0.6 is 11.8 Å². The van der Waals surface area contributed by atoms with Crippen LogP contribution in [-0.2, 0) is 4.79 Å². The van der Waals surface area contributed by atoms with Crippen molar-refractivity contribution in [2.75, 3.05) is 5.75 Å². The van der Waals surface area contributed by atoms with Crippen LogP contribution < -0.4 is 0 Å². The summed E-state index contributed by atoms with van der Waals surface area (Å²) in [7, 11) is 0. The molecule has 1 aromatic heterocycles. The van der Waals surface area contributed by atoms with Gasteiger partial charge in [-0.3, -0.25) is 4.79 Å². The van der Waals surface area contributed by atoms with E-state index in [1.54, 1.807) is 0 Å². The Labute approximate surface area is 96.5 Å². The standard InChI is InChI=1S/C10H12FNO3S/c1-6(13)16-5-8(14)10(15)7-2-3-12-9(11)4-7/h2-4,8,10,14-15H,5H2,1H3. The molecule has 0 aliphatic rings. The fourth-order valence-corrected chi connectivity index (χ4v) is 1.71. The Bertz CT molecular complexity index is 375. The fraction of sp³-hybridized carbons (Fsp3) is 0.400. The predicted molar refractivity (Wildman–Crippen MR) is 58.3 cm³/mol. The zero-order valence-corrected chi connectivity index (χ0v) is 9.45. The first-order chi connectivity index (χ1) is 7.50. The van der Waals surface area contributed by atoms with Crippen molar-refractivity contribution in [3.05, 3.63) is 29.8 Å². The molecule has 0 bridgehead atoms. The molecule has 0 saturated carbocycles. The lowest BCUT2D eigenvalue weighted by Crippen LogP contribution is -2.21. The van der Waals surface area contributed by atoms with E-state index in [-0.39, 0.29) is 16.4 Å². The molecule has 16 heavy (non-hydrogen) atoms. The van der Waals surface area contributed by atoms with E-state index < -0.39 is 18.2 Å². The van der Waals surface area contributed by atoms with Crippen molar-refractivity contribution < 1.29 is 19.4 Å². The number of rotatable bonds is 4. The number of halogens is 1. The van der Waals surface area contributed by atoms with E-state index in [1.807, 2.05) is 0 Å². The largest absolute Gasteiger partial charge is 0.389 e. The second-order valence-electron chi connectivity index (χ2n) is 3.23. The molecule has 88 valence electrons. The summed E-state index contributed by atoms with van der Waals surface area (Å²) in [5.74, 6) is -0.650. The van der Waals surface area contributed by atoms with Crippen LogP contribution in [0.25, 0.3) is 0 Å². The van der Waals surface area contributed by atoms with Crippen LogP contribution in [0.5, 0.6) is 0 Å². The van der Waals surface area contributed by atoms with Gasteiger partial charge < -0.3 is 10.2 Å². The van der Waals surface area contributed by atoms with E-state index in [0.29, 0.717) is 0 Å². The molecule has 1 aromatic rings. The Balaban J connectivity index is 2.62. The number of aromatic nitrogens is 1. The summed E-state index contributed by atoms with van der Waals surface area (Å²) in [6.07, 6.45) is -1.13. The summed E-state index contributed by atoms with van der Waals surface area (Å²) in [5.41, 5.74) is 0.240. The lowest BCUT2D eigenvalue weighted by atomic mass is 10.1. The van der Waals surface area contributed by atoms with Gasteiger partial charge in [-0.2, -0.15) is 4.39 Å². The molecule has 4 nitrogen and oxygen atoms in total. The van der Waals surface area contributed by atoms with Gasteiger partial charge in [0.2, 0.25) is 5.95 Å². The van der Waals surface area contributed by atoms with Gasteiger partial charge in [0.1, 0.15) is 6.10 Å². The average molecular weight is 245 g/mol. The first-order valence-electron chi connectivity index (χ1n) is 4.61. The van der Waals surface area contributed by atoms with Crippen LogP contribution in [-0.4, -0.2) is 32.2 Å². The topological polar surface area (TPSA) is 70.4 Å². The predicted octanol–water partition coefficient (Wildman–Crippen LogP) is 0.895. The minimum atomic E-state index is -1.22. The third-order valence-electron chi connectivity index (χ3n) is 1.91. The van der Waals surface area contributed by atoms with Gasteiger partial charge in [0.05, 0.1) is 6.10 Å². The zero-order chi connectivity index (χ0) is 12.1. The Kier molecular flexibility index (Phi) is 4.85. The highest BCUT2D eigenvalue weighted by Crippen LogP contribution is 2.19. The number of aliphatic hydroxyl groups is 2. The summed E-state index contributed by atoms with van der Waals surface area (Å²) in [5, 5.41) is 19.1. The van der Waals surface area contributed by atoms with Crippen molar-refractivity contribution in [1.29, 1.82) is 0 Å². The molecule has 0 aliphatic carbocycles. The number of nitrogens with zero attached hydrogens (tertiary/aromatic N) is 1. The molecule has 2 atom stereocenters. The van der Waals surface area contributed by atoms with E-state index in [2.05, 4.69) is 4.98 Å². The highest BCUT2D eigenvalue weighted by Gasteiger charge is 2.19. The maximum Gasteiger partial charge on any atom is 0.213 e. The van der Waals surface area contributed by atoms with E-state index in [0.717, 1.165) is 17.8 Å². The SMILES string of the molecule is CC(=O)SCC(O)C(O)c1ccnc(F)c1. The highest BCUT2D eigenvalue weighted by molar-refractivity contribution is 8.13. The van der Waals surface area contributed by atoms with E-state index in [4.69, 9.17) is 0 Å². The molecule has 0 aromatic carbocycles. The lowest BCUT2D eigenvalue weighted by molar-refractivity contribution is -0.109. The third kappa shape index (κ3) is 3.88. The lowest BCUT2D eigenvalue weighted by Gasteiger charge is -2.16. The molecule has 0 spiro atoms. The molecule has 0 fully saturated rings. The van der Waals surface area contributed by atoms with Crippen molar-refractivity contribution in [3.8, 4) is 0 Å². The molecule has 1 rings (SSSR count). The molecule has 1 heterocycles. The Morgan fingerprint density at radius 1 is 1.62 bits per heavy atom. The number of carbonyl (C=O) groups is 1. The molecule has 0 amide bonds. The van der Waals surface area contributed by atoms with Crippen molar-refractivity contribution >= 4 is 16.9 Å². The van der Waals surface area contributed by atoms with Gasteiger partial charge in [0, 0.05) is 18.9 Å². The Morgan fingerprint density at radius 2 is 2.31 bits per heavy atom. The molecular weight excluding hydrogens is 233 g/mol. The van der Waals surface area contributed by atoms with Gasteiger partial charge in [0.15, 0.2) is 5.12 Å². The van der Waals surface area contributed by atoms with Gasteiger partial charge in [-0.1, -0.05) is 11.8 Å². The monoisotopic (exact) mass is 245 g/mol. The highest BCUT2D eigenvalue weighted by atomic mass is 32.2. The fourth-order valence-electron chi connectivity index (χ4n) is 1.12. The van der Waals surface area contributed by atoms with E-state index in [1.165, 1.54) is 19.2 Å². The minimum Gasteiger partial charge on any atom is -0.389 e. The van der Waals surface area contributed by atoms with Gasteiger partial charge in [-0.25, -0.2) is 4.98 Å². The first-order valence-corrected chi connectivity index (χ1v) is 5.60. The second kappa shape index (κ2) is 5.93. The van der Waals surface area contributed by atoms with Crippen LogP contribution in [0.4, 0.5) is 4.39 Å². The number of hydrogen-bond acceptors (Lipinski definition) is 5. The summed E-state index contributed by atoms with van der Waals surface area (Å²) in [6, 6.07) is 2.46. The van der Waals surface area contributed by atoms with Crippen molar-refractivity contribution in [1.82, 2.24) is 4.98 Å². The molecule has 6 heteroatoms. The smallest absolute Gasteiger partial charge is 0.213 e. The summed E-state index contributed by atoms with van der Waals surface area (Å²) >= 11 is 0.908. The Hall–Kier alpha value is -0.980. The summed E-state index contributed by atoms with van der Waals surface area (Å²) < 4.78 is 12.7. The number of thioether (sulfide) groups is 1.